The SMILES string of the molecule is Cc1nc(Cl)ccc1S(=O)(=O)F. The van der Waals surface area contributed by atoms with E-state index >= 15 is 0 Å². The fraction of sp³-hybridized carbons (Fsp3) is 0.167. The third-order valence-electron chi connectivity index (χ3n) is 1.27. The van der Waals surface area contributed by atoms with E-state index < -0.39 is 15.1 Å². The Morgan fingerprint density at radius 1 is 1.50 bits per heavy atom. The number of aryl methyl sites for hydroxylation is 1. The lowest BCUT2D eigenvalue weighted by molar-refractivity contribution is 0.551. The van der Waals surface area contributed by atoms with Crippen molar-refractivity contribution in [3.8, 4) is 0 Å². The molecule has 6 heteroatoms. The van der Waals surface area contributed by atoms with E-state index in [2.05, 4.69) is 4.98 Å². The normalized spacial score (nSPS) is 11.6. The second-order valence-corrected chi connectivity index (χ2v) is 3.86. The molecule has 0 aliphatic heterocycles. The summed E-state index contributed by atoms with van der Waals surface area (Å²) in [6.07, 6.45) is 0. The second kappa shape index (κ2) is 2.99. The molecule has 0 aliphatic carbocycles. The molecule has 1 aromatic rings. The highest BCUT2D eigenvalue weighted by Crippen LogP contribution is 2.17. The molecule has 0 atom stereocenters. The molecule has 3 nitrogen and oxygen atoms in total. The van der Waals surface area contributed by atoms with Crippen LogP contribution in [0, 0.1) is 6.92 Å². The van der Waals surface area contributed by atoms with Crippen LogP contribution >= 0.6 is 11.6 Å². The summed E-state index contributed by atoms with van der Waals surface area (Å²) in [7, 11) is -4.67. The third kappa shape index (κ3) is 1.92. The molecule has 0 saturated heterocycles. The average molecular weight is 210 g/mol. The van der Waals surface area contributed by atoms with Crippen LogP contribution in [-0.4, -0.2) is 13.4 Å². The van der Waals surface area contributed by atoms with Gasteiger partial charge in [0.25, 0.3) is 0 Å². The highest BCUT2D eigenvalue weighted by atomic mass is 35.5. The van der Waals surface area contributed by atoms with Crippen molar-refractivity contribution in [2.75, 3.05) is 0 Å². The Hall–Kier alpha value is -0.680. The topological polar surface area (TPSA) is 47.0 Å². The van der Waals surface area contributed by atoms with E-state index in [1.807, 2.05) is 0 Å². The monoisotopic (exact) mass is 209 g/mol. The zero-order valence-electron chi connectivity index (χ0n) is 6.08. The quantitative estimate of drug-likeness (QED) is 0.523. The molecule has 66 valence electrons. The maximum Gasteiger partial charge on any atom is 0.333 e. The first-order valence-electron chi connectivity index (χ1n) is 2.99. The minimum absolute atomic E-state index is 0.0602. The van der Waals surface area contributed by atoms with Gasteiger partial charge in [0.1, 0.15) is 10.0 Å². The minimum atomic E-state index is -4.67. The van der Waals surface area contributed by atoms with Crippen LogP contribution in [0.1, 0.15) is 5.69 Å². The number of hydrogen-bond donors (Lipinski definition) is 0. The van der Waals surface area contributed by atoms with Gasteiger partial charge in [0.05, 0.1) is 5.69 Å². The first kappa shape index (κ1) is 9.41. The maximum atomic E-state index is 12.4. The van der Waals surface area contributed by atoms with Crippen molar-refractivity contribution in [2.24, 2.45) is 0 Å². The van der Waals surface area contributed by atoms with Crippen molar-refractivity contribution in [1.82, 2.24) is 4.98 Å². The zero-order chi connectivity index (χ0) is 9.35. The summed E-state index contributed by atoms with van der Waals surface area (Å²) < 4.78 is 33.2. The Bertz CT molecular complexity index is 404. The van der Waals surface area contributed by atoms with Crippen LogP contribution in [0.2, 0.25) is 5.15 Å². The van der Waals surface area contributed by atoms with Gasteiger partial charge < -0.3 is 0 Å². The Balaban J connectivity index is 3.39. The second-order valence-electron chi connectivity index (χ2n) is 2.16. The van der Waals surface area contributed by atoms with Crippen molar-refractivity contribution in [3.63, 3.8) is 0 Å². The highest BCUT2D eigenvalue weighted by Gasteiger charge is 2.15. The van der Waals surface area contributed by atoms with Crippen molar-refractivity contribution >= 4 is 21.8 Å². The van der Waals surface area contributed by atoms with Gasteiger partial charge in [-0.05, 0) is 19.1 Å². The number of hydrogen-bond acceptors (Lipinski definition) is 3. The summed E-state index contributed by atoms with van der Waals surface area (Å²) in [6, 6.07) is 2.31. The lowest BCUT2D eigenvalue weighted by Crippen LogP contribution is -1.97. The van der Waals surface area contributed by atoms with Gasteiger partial charge in [-0.2, -0.15) is 8.42 Å². The van der Waals surface area contributed by atoms with Crippen LogP contribution in [-0.2, 0) is 10.2 Å². The molecule has 1 aromatic heterocycles. The molecule has 0 bridgehead atoms. The fourth-order valence-electron chi connectivity index (χ4n) is 0.775. The third-order valence-corrected chi connectivity index (χ3v) is 2.43. The summed E-state index contributed by atoms with van der Waals surface area (Å²) in [5, 5.41) is 0.139. The zero-order valence-corrected chi connectivity index (χ0v) is 7.66. The van der Waals surface area contributed by atoms with E-state index in [0.29, 0.717) is 0 Å². The number of rotatable bonds is 1. The molecular formula is C6H5ClFNO2S. The lowest BCUT2D eigenvalue weighted by Gasteiger charge is -1.98. The molecule has 0 unspecified atom stereocenters. The van der Waals surface area contributed by atoms with Gasteiger partial charge in [0, 0.05) is 0 Å². The van der Waals surface area contributed by atoms with E-state index in [-0.39, 0.29) is 10.8 Å². The van der Waals surface area contributed by atoms with Crippen LogP contribution in [0.5, 0.6) is 0 Å². The lowest BCUT2D eigenvalue weighted by atomic mass is 10.4. The number of nitrogens with zero attached hydrogens (tertiary/aromatic N) is 1. The number of pyridine rings is 1. The van der Waals surface area contributed by atoms with Crippen LogP contribution < -0.4 is 0 Å². The van der Waals surface area contributed by atoms with Crippen LogP contribution in [0.3, 0.4) is 0 Å². The maximum absolute atomic E-state index is 12.4. The Morgan fingerprint density at radius 3 is 2.50 bits per heavy atom. The molecule has 0 aliphatic rings. The largest absolute Gasteiger partial charge is 0.333 e. The molecule has 0 saturated carbocycles. The van der Waals surface area contributed by atoms with Gasteiger partial charge in [-0.3, -0.25) is 0 Å². The predicted molar refractivity (Wildman–Crippen MR) is 42.3 cm³/mol. The molecule has 0 spiro atoms. The smallest absolute Gasteiger partial charge is 0.240 e. The van der Waals surface area contributed by atoms with Gasteiger partial charge in [-0.1, -0.05) is 11.6 Å². The van der Waals surface area contributed by atoms with E-state index in [9.17, 15) is 12.3 Å². The van der Waals surface area contributed by atoms with Gasteiger partial charge in [0.15, 0.2) is 0 Å². The van der Waals surface area contributed by atoms with Crippen LogP contribution in [0.25, 0.3) is 0 Å². The van der Waals surface area contributed by atoms with Gasteiger partial charge >= 0.3 is 10.2 Å². The summed E-state index contributed by atoms with van der Waals surface area (Å²) >= 11 is 5.44. The van der Waals surface area contributed by atoms with Crippen molar-refractivity contribution in [3.05, 3.63) is 23.0 Å². The molecule has 0 aromatic carbocycles. The Morgan fingerprint density at radius 2 is 2.08 bits per heavy atom. The van der Waals surface area contributed by atoms with E-state index in [0.717, 1.165) is 6.07 Å². The number of aromatic nitrogens is 1. The molecule has 0 fully saturated rings. The summed E-state index contributed by atoms with van der Waals surface area (Å²) in [5.74, 6) is 0. The first-order chi connectivity index (χ1) is 5.41. The van der Waals surface area contributed by atoms with E-state index in [4.69, 9.17) is 11.6 Å². The highest BCUT2D eigenvalue weighted by molar-refractivity contribution is 7.86. The summed E-state index contributed by atoms with van der Waals surface area (Å²) in [4.78, 5) is 3.15. The average Bonchev–Trinajstić information content (AvgIpc) is 1.83. The van der Waals surface area contributed by atoms with E-state index in [1.165, 1.54) is 13.0 Å². The Kier molecular flexibility index (Phi) is 2.34. The molecule has 12 heavy (non-hydrogen) atoms. The minimum Gasteiger partial charge on any atom is -0.240 e. The van der Waals surface area contributed by atoms with Crippen molar-refractivity contribution in [2.45, 2.75) is 11.8 Å². The number of halogens is 2. The van der Waals surface area contributed by atoms with Gasteiger partial charge in [0.2, 0.25) is 0 Å². The van der Waals surface area contributed by atoms with Crippen LogP contribution in [0.15, 0.2) is 17.0 Å². The molecule has 1 rings (SSSR count). The first-order valence-corrected chi connectivity index (χ1v) is 4.75. The van der Waals surface area contributed by atoms with Crippen molar-refractivity contribution in [1.29, 1.82) is 0 Å². The predicted octanol–water partition coefficient (Wildman–Crippen LogP) is 1.70. The Labute approximate surface area is 74.4 Å². The van der Waals surface area contributed by atoms with Gasteiger partial charge in [-0.25, -0.2) is 4.98 Å². The summed E-state index contributed by atoms with van der Waals surface area (Å²) in [6.45, 7) is 1.37. The molecule has 0 N–H and O–H groups in total. The molecule has 0 amide bonds. The van der Waals surface area contributed by atoms with E-state index in [1.54, 1.807) is 0 Å². The standard InChI is InChI=1S/C6H5ClFNO2S/c1-4-5(12(8,10)11)2-3-6(7)9-4/h2-3H,1H3. The molecule has 0 radical (unpaired) electrons. The molecular weight excluding hydrogens is 205 g/mol. The van der Waals surface area contributed by atoms with Crippen molar-refractivity contribution < 1.29 is 12.3 Å². The summed E-state index contributed by atoms with van der Waals surface area (Å²) in [5.41, 5.74) is 0.0602. The van der Waals surface area contributed by atoms with Gasteiger partial charge in [-0.15, -0.1) is 3.89 Å². The van der Waals surface area contributed by atoms with Crippen LogP contribution in [0.4, 0.5) is 3.89 Å². The fourth-order valence-corrected chi connectivity index (χ4v) is 1.59. The molecule has 1 heterocycles.